The number of piperidine rings is 1. The number of nitrogens with zero attached hydrogens (tertiary/aromatic N) is 4. The monoisotopic (exact) mass is 318 g/mol. The molecule has 0 spiro atoms. The van der Waals surface area contributed by atoms with Gasteiger partial charge in [0.05, 0.1) is 11.7 Å². The first-order valence-corrected chi connectivity index (χ1v) is 8.56. The summed E-state index contributed by atoms with van der Waals surface area (Å²) in [5.41, 5.74) is 2.16. The molecule has 0 bridgehead atoms. The van der Waals surface area contributed by atoms with Gasteiger partial charge in [-0.2, -0.15) is 5.10 Å². The molecule has 3 heterocycles. The van der Waals surface area contributed by atoms with Crippen molar-refractivity contribution in [1.82, 2.24) is 19.6 Å². The lowest BCUT2D eigenvalue weighted by atomic mass is 10.0. The first-order chi connectivity index (χ1) is 11.0. The fraction of sp³-hybridized carbons (Fsp3) is 0.706. The van der Waals surface area contributed by atoms with Crippen LogP contribution in [0.25, 0.3) is 0 Å². The lowest BCUT2D eigenvalue weighted by Gasteiger charge is -2.36. The second-order valence-corrected chi connectivity index (χ2v) is 6.82. The van der Waals surface area contributed by atoms with E-state index in [1.165, 1.54) is 0 Å². The molecule has 0 radical (unpaired) electrons. The van der Waals surface area contributed by atoms with Gasteiger partial charge in [0.25, 0.3) is 0 Å². The van der Waals surface area contributed by atoms with Crippen molar-refractivity contribution in [2.45, 2.75) is 58.5 Å². The Morgan fingerprint density at radius 3 is 2.57 bits per heavy atom. The van der Waals surface area contributed by atoms with Crippen LogP contribution in [0.1, 0.15) is 50.0 Å². The number of hydrogen-bond donors (Lipinski definition) is 0. The number of aryl methyl sites for hydroxylation is 2. The van der Waals surface area contributed by atoms with E-state index < -0.39 is 0 Å². The Balaban J connectivity index is 1.72. The van der Waals surface area contributed by atoms with Crippen molar-refractivity contribution in [2.24, 2.45) is 0 Å². The lowest BCUT2D eigenvalue weighted by Crippen LogP contribution is -2.50. The van der Waals surface area contributed by atoms with Crippen LogP contribution in [0.3, 0.4) is 0 Å². The molecule has 2 aliphatic heterocycles. The van der Waals surface area contributed by atoms with Crippen LogP contribution in [0.2, 0.25) is 0 Å². The van der Waals surface area contributed by atoms with E-state index in [0.29, 0.717) is 13.1 Å². The molecule has 2 aliphatic rings. The normalized spacial score (nSPS) is 25.0. The zero-order valence-electron chi connectivity index (χ0n) is 14.3. The minimum Gasteiger partial charge on any atom is -0.339 e. The standard InChI is InChI=1S/C17H26N4O2/c1-12-10-13(2)21(18-12)15-6-4-8-19(11-15)17(23)16-7-5-9-20(16)14(3)22/h10,15-16H,4-9,11H2,1-3H3/t15-,16+/m0/s1. The molecule has 6 heteroatoms. The molecule has 0 N–H and O–H groups in total. The molecule has 1 aromatic heterocycles. The molecule has 2 fully saturated rings. The predicted molar refractivity (Wildman–Crippen MR) is 87.0 cm³/mol. The summed E-state index contributed by atoms with van der Waals surface area (Å²) in [5.74, 6) is 0.122. The Bertz CT molecular complexity index is 610. The van der Waals surface area contributed by atoms with Gasteiger partial charge in [0.1, 0.15) is 6.04 Å². The SMILES string of the molecule is CC(=O)N1CCC[C@@H]1C(=O)N1CCC[C@H](n2nc(C)cc2C)C1. The number of aromatic nitrogens is 2. The van der Waals surface area contributed by atoms with Crippen LogP contribution in [0.15, 0.2) is 6.07 Å². The zero-order valence-corrected chi connectivity index (χ0v) is 14.3. The number of carbonyl (C=O) groups is 2. The van der Waals surface area contributed by atoms with E-state index >= 15 is 0 Å². The van der Waals surface area contributed by atoms with Gasteiger partial charge in [-0.3, -0.25) is 14.3 Å². The third kappa shape index (κ3) is 3.12. The van der Waals surface area contributed by atoms with Crippen LogP contribution in [-0.2, 0) is 9.59 Å². The highest BCUT2D eigenvalue weighted by molar-refractivity contribution is 5.87. The second-order valence-electron chi connectivity index (χ2n) is 6.82. The van der Waals surface area contributed by atoms with E-state index in [2.05, 4.69) is 22.8 Å². The smallest absolute Gasteiger partial charge is 0.245 e. The van der Waals surface area contributed by atoms with Gasteiger partial charge in [-0.1, -0.05) is 0 Å². The van der Waals surface area contributed by atoms with E-state index in [1.807, 2.05) is 11.8 Å². The van der Waals surface area contributed by atoms with Crippen LogP contribution in [0.4, 0.5) is 0 Å². The summed E-state index contributed by atoms with van der Waals surface area (Å²) in [6.07, 6.45) is 3.75. The summed E-state index contributed by atoms with van der Waals surface area (Å²) in [6, 6.07) is 2.06. The second kappa shape index (κ2) is 6.34. The van der Waals surface area contributed by atoms with E-state index in [0.717, 1.165) is 43.6 Å². The molecular weight excluding hydrogens is 292 g/mol. The average molecular weight is 318 g/mol. The molecule has 0 aromatic carbocycles. The molecule has 1 aromatic rings. The van der Waals surface area contributed by atoms with Crippen molar-refractivity contribution in [1.29, 1.82) is 0 Å². The van der Waals surface area contributed by atoms with Crippen molar-refractivity contribution >= 4 is 11.8 Å². The maximum absolute atomic E-state index is 12.9. The fourth-order valence-corrected chi connectivity index (χ4v) is 3.98. The van der Waals surface area contributed by atoms with Gasteiger partial charge in [0, 0.05) is 32.3 Å². The van der Waals surface area contributed by atoms with Crippen molar-refractivity contribution in [2.75, 3.05) is 19.6 Å². The van der Waals surface area contributed by atoms with Crippen LogP contribution in [0, 0.1) is 13.8 Å². The maximum atomic E-state index is 12.9. The number of rotatable bonds is 2. The highest BCUT2D eigenvalue weighted by Crippen LogP contribution is 2.26. The number of likely N-dealkylation sites (tertiary alicyclic amines) is 2. The maximum Gasteiger partial charge on any atom is 0.245 e. The summed E-state index contributed by atoms with van der Waals surface area (Å²) < 4.78 is 2.06. The first-order valence-electron chi connectivity index (χ1n) is 8.56. The van der Waals surface area contributed by atoms with Crippen LogP contribution >= 0.6 is 0 Å². The largest absolute Gasteiger partial charge is 0.339 e. The Kier molecular flexibility index (Phi) is 4.41. The van der Waals surface area contributed by atoms with Crippen LogP contribution < -0.4 is 0 Å². The first kappa shape index (κ1) is 16.0. The van der Waals surface area contributed by atoms with Gasteiger partial charge in [0.2, 0.25) is 11.8 Å². The minimum absolute atomic E-state index is 0.00737. The molecule has 6 nitrogen and oxygen atoms in total. The van der Waals surface area contributed by atoms with Crippen LogP contribution in [0.5, 0.6) is 0 Å². The summed E-state index contributed by atoms with van der Waals surface area (Å²) in [7, 11) is 0. The van der Waals surface area contributed by atoms with E-state index in [4.69, 9.17) is 0 Å². The lowest BCUT2D eigenvalue weighted by molar-refractivity contribution is -0.144. The number of amides is 2. The average Bonchev–Trinajstić information content (AvgIpc) is 3.13. The molecule has 2 amide bonds. The van der Waals surface area contributed by atoms with Gasteiger partial charge in [0.15, 0.2) is 0 Å². The fourth-order valence-electron chi connectivity index (χ4n) is 3.98. The number of hydrogen-bond acceptors (Lipinski definition) is 3. The summed E-state index contributed by atoms with van der Waals surface area (Å²) >= 11 is 0. The van der Waals surface area contributed by atoms with Crippen molar-refractivity contribution in [3.8, 4) is 0 Å². The molecule has 2 atom stereocenters. The van der Waals surface area contributed by atoms with E-state index in [-0.39, 0.29) is 23.9 Å². The zero-order chi connectivity index (χ0) is 16.6. The quantitative estimate of drug-likeness (QED) is 0.833. The minimum atomic E-state index is -0.258. The van der Waals surface area contributed by atoms with Crippen molar-refractivity contribution in [3.05, 3.63) is 17.5 Å². The van der Waals surface area contributed by atoms with Crippen molar-refractivity contribution in [3.63, 3.8) is 0 Å². The van der Waals surface area contributed by atoms with E-state index in [9.17, 15) is 9.59 Å². The van der Waals surface area contributed by atoms with E-state index in [1.54, 1.807) is 11.8 Å². The molecular formula is C17H26N4O2. The summed E-state index contributed by atoms with van der Waals surface area (Å²) in [4.78, 5) is 28.3. The summed E-state index contributed by atoms with van der Waals surface area (Å²) in [6.45, 7) is 7.81. The molecule has 3 rings (SSSR count). The Morgan fingerprint density at radius 1 is 1.17 bits per heavy atom. The molecule has 0 saturated carbocycles. The van der Waals surface area contributed by atoms with Gasteiger partial charge in [-0.15, -0.1) is 0 Å². The highest BCUT2D eigenvalue weighted by atomic mass is 16.2. The van der Waals surface area contributed by atoms with Gasteiger partial charge in [-0.05, 0) is 45.6 Å². The summed E-state index contributed by atoms with van der Waals surface area (Å²) in [5, 5.41) is 4.58. The predicted octanol–water partition coefficient (Wildman–Crippen LogP) is 1.67. The topological polar surface area (TPSA) is 58.4 Å². The van der Waals surface area contributed by atoms with Gasteiger partial charge in [-0.25, -0.2) is 0 Å². The molecule has 23 heavy (non-hydrogen) atoms. The Morgan fingerprint density at radius 2 is 1.91 bits per heavy atom. The number of carbonyl (C=O) groups excluding carboxylic acids is 2. The molecule has 0 aliphatic carbocycles. The van der Waals surface area contributed by atoms with Gasteiger partial charge < -0.3 is 9.80 Å². The molecule has 2 saturated heterocycles. The molecule has 0 unspecified atom stereocenters. The van der Waals surface area contributed by atoms with Crippen LogP contribution in [-0.4, -0.2) is 57.1 Å². The third-order valence-electron chi connectivity index (χ3n) is 5.04. The van der Waals surface area contributed by atoms with Crippen molar-refractivity contribution < 1.29 is 9.59 Å². The van der Waals surface area contributed by atoms with Gasteiger partial charge >= 0.3 is 0 Å². The Hall–Kier alpha value is -1.85. The molecule has 126 valence electrons. The third-order valence-corrected chi connectivity index (χ3v) is 5.04. The highest BCUT2D eigenvalue weighted by Gasteiger charge is 2.37. The Labute approximate surface area is 137 Å².